The van der Waals surface area contributed by atoms with Gasteiger partial charge in [-0.1, -0.05) is 16.4 Å². The summed E-state index contributed by atoms with van der Waals surface area (Å²) in [7, 11) is -4.01. The molecule has 0 fully saturated rings. The Kier molecular flexibility index (Phi) is 6.18. The molecule has 0 saturated carbocycles. The van der Waals surface area contributed by atoms with Crippen molar-refractivity contribution in [3.63, 3.8) is 0 Å². The summed E-state index contributed by atoms with van der Waals surface area (Å²) in [6, 6.07) is 12.6. The van der Waals surface area contributed by atoms with Gasteiger partial charge in [0.15, 0.2) is 0 Å². The highest BCUT2D eigenvalue weighted by Gasteiger charge is 2.21. The molecule has 0 aliphatic carbocycles. The number of hydrogen-bond donors (Lipinski definition) is 1. The van der Waals surface area contributed by atoms with Crippen molar-refractivity contribution in [1.82, 2.24) is 4.57 Å². The Bertz CT molecular complexity index is 1590. The van der Waals surface area contributed by atoms with Gasteiger partial charge in [-0.2, -0.15) is 8.42 Å². The van der Waals surface area contributed by atoms with Crippen LogP contribution in [0.15, 0.2) is 64.4 Å². The van der Waals surface area contributed by atoms with Crippen molar-refractivity contribution in [3.05, 3.63) is 80.9 Å². The standard InChI is InChI=1S/C24H25N3O5S/c1-3-26(4-2)21-10-9-20-22-18(21)7-5-8-19(22)23(28)27(24(20)29)17-11-14-25(15-12-17)13-6-16-33(30,31)32/h5,7-12,14-15H,3-4,6,13,16H2,1-2H3/p+1. The van der Waals surface area contributed by atoms with Crippen molar-refractivity contribution in [2.24, 2.45) is 0 Å². The van der Waals surface area contributed by atoms with Gasteiger partial charge in [0.1, 0.15) is 10.8 Å². The summed E-state index contributed by atoms with van der Waals surface area (Å²) in [5, 5.41) is 2.98. The topological polar surface area (TPSA) is 103 Å². The minimum absolute atomic E-state index is 0.245. The number of nitrogens with zero attached hydrogens (tertiary/aromatic N) is 3. The molecule has 9 heteroatoms. The number of anilines is 1. The smallest absolute Gasteiger partial charge is 0.372 e. The zero-order chi connectivity index (χ0) is 23.8. The molecule has 0 spiro atoms. The lowest BCUT2D eigenvalue weighted by Crippen LogP contribution is -2.51. The summed E-state index contributed by atoms with van der Waals surface area (Å²) in [5.74, 6) is -0.332. The molecule has 4 rings (SSSR count). The van der Waals surface area contributed by atoms with Crippen LogP contribution >= 0.6 is 0 Å². The molecule has 0 aliphatic rings. The monoisotopic (exact) mass is 468 g/mol. The van der Waals surface area contributed by atoms with Gasteiger partial charge in [-0.15, -0.1) is 0 Å². The van der Waals surface area contributed by atoms with E-state index in [1.54, 1.807) is 41.2 Å². The first kappa shape index (κ1) is 22.9. The maximum absolute atomic E-state index is 13.4. The molecule has 0 saturated heterocycles. The molecule has 0 amide bonds. The van der Waals surface area contributed by atoms with Gasteiger partial charge < -0.3 is 9.47 Å². The number of aromatic nitrogens is 2. The zero-order valence-electron chi connectivity index (χ0n) is 18.6. The van der Waals surface area contributed by atoms with E-state index in [2.05, 4.69) is 18.7 Å². The molecule has 2 heterocycles. The van der Waals surface area contributed by atoms with E-state index >= 15 is 0 Å². The summed E-state index contributed by atoms with van der Waals surface area (Å²) >= 11 is 0. The Morgan fingerprint density at radius 3 is 2.12 bits per heavy atom. The van der Waals surface area contributed by atoms with Crippen LogP contribution in [0.5, 0.6) is 0 Å². The van der Waals surface area contributed by atoms with Crippen molar-refractivity contribution < 1.29 is 17.2 Å². The van der Waals surface area contributed by atoms with Crippen LogP contribution in [0, 0.1) is 5.36 Å². The second-order valence-electron chi connectivity index (χ2n) is 7.91. The maximum atomic E-state index is 13.4. The van der Waals surface area contributed by atoms with Gasteiger partial charge >= 0.3 is 11.1 Å². The molecule has 0 aliphatic heterocycles. The fraction of sp³-hybridized carbons (Fsp3) is 0.292. The molecular formula is C24H26N3O5S+. The molecule has 2 aromatic heterocycles. The van der Waals surface area contributed by atoms with Crippen molar-refractivity contribution in [2.75, 3.05) is 23.7 Å². The summed E-state index contributed by atoms with van der Waals surface area (Å²) in [5.41, 5.74) is 0.248. The highest BCUT2D eigenvalue weighted by Crippen LogP contribution is 2.31. The van der Waals surface area contributed by atoms with Gasteiger partial charge in [0.05, 0.1) is 5.75 Å². The third-order valence-corrected chi connectivity index (χ3v) is 6.74. The average Bonchev–Trinajstić information content (AvgIpc) is 2.79. The van der Waals surface area contributed by atoms with Crippen LogP contribution in [0.4, 0.5) is 5.69 Å². The summed E-state index contributed by atoms with van der Waals surface area (Å²) in [6.45, 7) is 6.15. The van der Waals surface area contributed by atoms with Crippen LogP contribution in [0.1, 0.15) is 20.3 Å². The molecule has 1 N–H and O–H groups in total. The quantitative estimate of drug-likeness (QED) is 0.329. The van der Waals surface area contributed by atoms with E-state index < -0.39 is 10.1 Å². The lowest BCUT2D eigenvalue weighted by atomic mass is 10.0. The fourth-order valence-electron chi connectivity index (χ4n) is 4.33. The van der Waals surface area contributed by atoms with Crippen molar-refractivity contribution >= 4 is 37.4 Å². The largest absolute Gasteiger partial charge is 0.429 e. The minimum atomic E-state index is -4.01. The predicted octanol–water partition coefficient (Wildman–Crippen LogP) is 2.16. The third-order valence-electron chi connectivity index (χ3n) is 5.94. The van der Waals surface area contributed by atoms with Gasteiger partial charge in [-0.3, -0.25) is 4.55 Å². The van der Waals surface area contributed by atoms with Crippen LogP contribution in [-0.2, 0) is 16.7 Å². The van der Waals surface area contributed by atoms with Gasteiger partial charge in [-0.05, 0) is 38.5 Å². The molecular weight excluding hydrogens is 442 g/mol. The summed E-state index contributed by atoms with van der Waals surface area (Å²) in [4.78, 5) is 29.0. The van der Waals surface area contributed by atoms with Gasteiger partial charge in [0, 0.05) is 60.6 Å². The highest BCUT2D eigenvalue weighted by atomic mass is 32.2. The highest BCUT2D eigenvalue weighted by molar-refractivity contribution is 7.85. The number of hydrogen-bond acceptors (Lipinski definition) is 5. The lowest BCUT2D eigenvalue weighted by Gasteiger charge is -2.23. The first-order chi connectivity index (χ1) is 15.7. The first-order valence-corrected chi connectivity index (χ1v) is 12.5. The SMILES string of the molecule is CCN(CC)c1ccc2c(=O)[n+](=c3ccn(CCCS(=O)(=O)O)cc3)c(=O)c3cccc1c32. The number of benzene rings is 2. The molecule has 8 nitrogen and oxygen atoms in total. The molecule has 33 heavy (non-hydrogen) atoms. The molecule has 0 atom stereocenters. The normalized spacial score (nSPS) is 12.0. The van der Waals surface area contributed by atoms with Crippen LogP contribution in [-0.4, -0.2) is 36.4 Å². The molecule has 172 valence electrons. The van der Waals surface area contributed by atoms with Crippen LogP contribution < -0.4 is 20.3 Å². The Morgan fingerprint density at radius 1 is 0.909 bits per heavy atom. The van der Waals surface area contributed by atoms with E-state index in [0.29, 0.717) is 28.1 Å². The molecule has 2 aromatic carbocycles. The van der Waals surface area contributed by atoms with E-state index in [-0.39, 0.29) is 23.3 Å². The molecule has 0 bridgehead atoms. The predicted molar refractivity (Wildman–Crippen MR) is 129 cm³/mol. The first-order valence-electron chi connectivity index (χ1n) is 10.9. The Morgan fingerprint density at radius 2 is 1.52 bits per heavy atom. The van der Waals surface area contributed by atoms with Crippen molar-refractivity contribution in [3.8, 4) is 0 Å². The second kappa shape index (κ2) is 8.92. The van der Waals surface area contributed by atoms with Gasteiger partial charge in [0.2, 0.25) is 5.36 Å². The summed E-state index contributed by atoms with van der Waals surface area (Å²) < 4.78 is 33.6. The lowest BCUT2D eigenvalue weighted by molar-refractivity contribution is -0.539. The molecule has 0 unspecified atom stereocenters. The van der Waals surface area contributed by atoms with Crippen LogP contribution in [0.2, 0.25) is 0 Å². The van der Waals surface area contributed by atoms with Crippen LogP contribution in [0.25, 0.3) is 21.5 Å². The van der Waals surface area contributed by atoms with E-state index in [9.17, 15) is 18.0 Å². The van der Waals surface area contributed by atoms with Crippen LogP contribution in [0.3, 0.4) is 0 Å². The van der Waals surface area contributed by atoms with E-state index in [1.807, 2.05) is 18.2 Å². The Hall–Kier alpha value is -3.30. The average molecular weight is 469 g/mol. The minimum Gasteiger partial charge on any atom is -0.372 e. The number of rotatable bonds is 7. The third kappa shape index (κ3) is 4.34. The maximum Gasteiger partial charge on any atom is 0.429 e. The van der Waals surface area contributed by atoms with Crippen molar-refractivity contribution in [2.45, 2.75) is 26.8 Å². The van der Waals surface area contributed by atoms with Gasteiger partial charge in [0.25, 0.3) is 10.1 Å². The van der Waals surface area contributed by atoms with Gasteiger partial charge in [-0.25, -0.2) is 9.59 Å². The molecule has 4 aromatic rings. The number of aryl methyl sites for hydroxylation is 1. The second-order valence-corrected chi connectivity index (χ2v) is 9.48. The zero-order valence-corrected chi connectivity index (χ0v) is 19.4. The Labute approximate surface area is 190 Å². The summed E-state index contributed by atoms with van der Waals surface area (Å²) in [6.07, 6.45) is 3.60. The molecule has 0 radical (unpaired) electrons. The van der Waals surface area contributed by atoms with E-state index in [4.69, 9.17) is 4.55 Å². The Balaban J connectivity index is 1.92. The number of pyridine rings is 2. The van der Waals surface area contributed by atoms with E-state index in [0.717, 1.165) is 24.2 Å². The fourth-order valence-corrected chi connectivity index (χ4v) is 4.83. The van der Waals surface area contributed by atoms with Crippen molar-refractivity contribution in [1.29, 1.82) is 0 Å². The van der Waals surface area contributed by atoms with E-state index in [1.165, 1.54) is 4.24 Å².